The van der Waals surface area contributed by atoms with Crippen molar-refractivity contribution in [1.82, 2.24) is 9.55 Å². The van der Waals surface area contributed by atoms with Crippen LogP contribution in [0.3, 0.4) is 0 Å². The quantitative estimate of drug-likeness (QED) is 0.537. The van der Waals surface area contributed by atoms with Gasteiger partial charge in [0.25, 0.3) is 5.56 Å². The summed E-state index contributed by atoms with van der Waals surface area (Å²) in [6.45, 7) is 2.09. The number of hydrogen-bond acceptors (Lipinski definition) is 5. The van der Waals surface area contributed by atoms with Gasteiger partial charge < -0.3 is 5.32 Å². The molecular formula is C20H19N3O2S2. The van der Waals surface area contributed by atoms with E-state index in [2.05, 4.69) is 17.2 Å². The maximum absolute atomic E-state index is 12.5. The van der Waals surface area contributed by atoms with Crippen LogP contribution in [0.1, 0.15) is 12.6 Å². The summed E-state index contributed by atoms with van der Waals surface area (Å²) in [6, 6.07) is 13.8. The van der Waals surface area contributed by atoms with Gasteiger partial charge >= 0.3 is 0 Å². The zero-order chi connectivity index (χ0) is 19.0. The van der Waals surface area contributed by atoms with Crippen LogP contribution in [0.5, 0.6) is 0 Å². The molecule has 1 aliphatic rings. The number of amides is 1. The van der Waals surface area contributed by atoms with Crippen LogP contribution in [0.4, 0.5) is 5.69 Å². The molecule has 3 aromatic rings. The van der Waals surface area contributed by atoms with Crippen molar-refractivity contribution in [3.8, 4) is 0 Å². The number of thioether (sulfide) groups is 2. The lowest BCUT2D eigenvalue weighted by Crippen LogP contribution is -2.23. The standard InChI is InChI=1S/C20H19N3O2S2/c1-12-10-16-18(27-12)19(25)23(2)20(22-16)26-11-17(24)21-15-9-5-7-13-6-3-4-8-14(13)15/h3-9,12H,10-11H2,1-2H3,(H,21,24)/t12-/m1/s1. The summed E-state index contributed by atoms with van der Waals surface area (Å²) in [5.74, 6) is 0.0826. The first-order valence-corrected chi connectivity index (χ1v) is 10.6. The summed E-state index contributed by atoms with van der Waals surface area (Å²) in [7, 11) is 1.71. The van der Waals surface area contributed by atoms with Crippen molar-refractivity contribution in [3.05, 3.63) is 58.5 Å². The molecule has 1 atom stereocenters. The summed E-state index contributed by atoms with van der Waals surface area (Å²) in [6.07, 6.45) is 0.797. The zero-order valence-electron chi connectivity index (χ0n) is 15.1. The SMILES string of the molecule is C[C@@H]1Cc2nc(SCC(=O)Nc3cccc4ccccc34)n(C)c(=O)c2S1. The molecule has 2 heterocycles. The molecule has 0 spiro atoms. The molecular weight excluding hydrogens is 378 g/mol. The first-order valence-electron chi connectivity index (χ1n) is 8.70. The predicted molar refractivity (Wildman–Crippen MR) is 112 cm³/mol. The van der Waals surface area contributed by atoms with Crippen molar-refractivity contribution < 1.29 is 4.79 Å². The van der Waals surface area contributed by atoms with Crippen molar-refractivity contribution >= 4 is 45.9 Å². The van der Waals surface area contributed by atoms with E-state index in [0.29, 0.717) is 10.4 Å². The highest BCUT2D eigenvalue weighted by atomic mass is 32.2. The van der Waals surface area contributed by atoms with Gasteiger partial charge in [-0.25, -0.2) is 4.98 Å². The smallest absolute Gasteiger partial charge is 0.267 e. The van der Waals surface area contributed by atoms with E-state index in [0.717, 1.165) is 33.5 Å². The van der Waals surface area contributed by atoms with E-state index in [1.165, 1.54) is 11.8 Å². The van der Waals surface area contributed by atoms with Crippen molar-refractivity contribution in [3.63, 3.8) is 0 Å². The van der Waals surface area contributed by atoms with Gasteiger partial charge in [-0.2, -0.15) is 0 Å². The highest BCUT2D eigenvalue weighted by Crippen LogP contribution is 2.34. The maximum atomic E-state index is 12.5. The largest absolute Gasteiger partial charge is 0.325 e. The molecule has 138 valence electrons. The van der Waals surface area contributed by atoms with Crippen LogP contribution < -0.4 is 10.9 Å². The Labute approximate surface area is 165 Å². The molecule has 0 fully saturated rings. The number of carbonyl (C=O) groups excluding carboxylic acids is 1. The Kier molecular flexibility index (Phi) is 4.97. The van der Waals surface area contributed by atoms with Crippen molar-refractivity contribution in [2.75, 3.05) is 11.1 Å². The minimum absolute atomic E-state index is 0.0219. The van der Waals surface area contributed by atoms with Gasteiger partial charge in [0.2, 0.25) is 5.91 Å². The third-order valence-corrected chi connectivity index (χ3v) is 6.72. The normalized spacial score (nSPS) is 15.7. The van der Waals surface area contributed by atoms with Crippen LogP contribution in [0, 0.1) is 0 Å². The second-order valence-electron chi connectivity index (χ2n) is 6.53. The molecule has 1 aromatic heterocycles. The van der Waals surface area contributed by atoms with Gasteiger partial charge in [-0.05, 0) is 11.5 Å². The van der Waals surface area contributed by atoms with E-state index >= 15 is 0 Å². The number of carbonyl (C=O) groups is 1. The van der Waals surface area contributed by atoms with Crippen LogP contribution >= 0.6 is 23.5 Å². The van der Waals surface area contributed by atoms with E-state index in [9.17, 15) is 9.59 Å². The number of rotatable bonds is 4. The third kappa shape index (κ3) is 3.61. The number of fused-ring (bicyclic) bond motifs is 2. The molecule has 0 saturated heterocycles. The molecule has 4 rings (SSSR count). The summed E-state index contributed by atoms with van der Waals surface area (Å²) in [5, 5.41) is 6.01. The molecule has 7 heteroatoms. The zero-order valence-corrected chi connectivity index (χ0v) is 16.7. The van der Waals surface area contributed by atoms with Crippen molar-refractivity contribution in [1.29, 1.82) is 0 Å². The Hall–Kier alpha value is -2.25. The van der Waals surface area contributed by atoms with Gasteiger partial charge in [0.1, 0.15) is 0 Å². The second kappa shape index (κ2) is 7.40. The summed E-state index contributed by atoms with van der Waals surface area (Å²) >= 11 is 2.88. The van der Waals surface area contributed by atoms with Gasteiger partial charge in [0.15, 0.2) is 5.16 Å². The molecule has 5 nitrogen and oxygen atoms in total. The first-order chi connectivity index (χ1) is 13.0. The predicted octanol–water partition coefficient (Wildman–Crippen LogP) is 3.70. The van der Waals surface area contributed by atoms with E-state index in [4.69, 9.17) is 0 Å². The molecule has 0 aliphatic carbocycles. The monoisotopic (exact) mass is 397 g/mol. The summed E-state index contributed by atoms with van der Waals surface area (Å²) in [5.41, 5.74) is 1.62. The molecule has 0 saturated carbocycles. The molecule has 27 heavy (non-hydrogen) atoms. The van der Waals surface area contributed by atoms with Crippen LogP contribution in [-0.2, 0) is 18.3 Å². The number of hydrogen-bond donors (Lipinski definition) is 1. The number of aromatic nitrogens is 2. The topological polar surface area (TPSA) is 64.0 Å². The van der Waals surface area contributed by atoms with Crippen molar-refractivity contribution in [2.45, 2.75) is 28.6 Å². The Morgan fingerprint density at radius 1 is 1.30 bits per heavy atom. The van der Waals surface area contributed by atoms with Gasteiger partial charge in [0.05, 0.1) is 16.3 Å². The highest BCUT2D eigenvalue weighted by molar-refractivity contribution is 8.00. The lowest BCUT2D eigenvalue weighted by atomic mass is 10.1. The second-order valence-corrected chi connectivity index (χ2v) is 8.92. The molecule has 1 aliphatic heterocycles. The number of benzene rings is 2. The van der Waals surface area contributed by atoms with E-state index in [1.54, 1.807) is 23.4 Å². The number of nitrogens with zero attached hydrogens (tertiary/aromatic N) is 2. The third-order valence-electron chi connectivity index (χ3n) is 4.47. The summed E-state index contributed by atoms with van der Waals surface area (Å²) < 4.78 is 1.54. The van der Waals surface area contributed by atoms with E-state index < -0.39 is 0 Å². The molecule has 2 aromatic carbocycles. The van der Waals surface area contributed by atoms with Crippen LogP contribution in [0.15, 0.2) is 57.3 Å². The molecule has 0 unspecified atom stereocenters. The molecule has 0 bridgehead atoms. The van der Waals surface area contributed by atoms with E-state index in [-0.39, 0.29) is 17.2 Å². The number of anilines is 1. The van der Waals surface area contributed by atoms with Gasteiger partial charge in [-0.3, -0.25) is 14.2 Å². The fraction of sp³-hybridized carbons (Fsp3) is 0.250. The Morgan fingerprint density at radius 2 is 2.07 bits per heavy atom. The first kappa shape index (κ1) is 18.1. The average Bonchev–Trinajstić information content (AvgIpc) is 3.04. The molecule has 1 amide bonds. The lowest BCUT2D eigenvalue weighted by Gasteiger charge is -2.10. The Morgan fingerprint density at radius 3 is 2.93 bits per heavy atom. The van der Waals surface area contributed by atoms with Crippen LogP contribution in [0.25, 0.3) is 10.8 Å². The van der Waals surface area contributed by atoms with Gasteiger partial charge in [-0.15, -0.1) is 11.8 Å². The van der Waals surface area contributed by atoms with Gasteiger partial charge in [0, 0.05) is 29.8 Å². The minimum atomic E-state index is -0.117. The van der Waals surface area contributed by atoms with Crippen LogP contribution in [0.2, 0.25) is 0 Å². The Bertz CT molecular complexity index is 1090. The lowest BCUT2D eigenvalue weighted by molar-refractivity contribution is -0.113. The Balaban J connectivity index is 1.49. The molecule has 0 radical (unpaired) electrons. The maximum Gasteiger partial charge on any atom is 0.267 e. The fourth-order valence-corrected chi connectivity index (χ4v) is 5.09. The van der Waals surface area contributed by atoms with Crippen molar-refractivity contribution in [2.24, 2.45) is 7.05 Å². The van der Waals surface area contributed by atoms with E-state index in [1.807, 2.05) is 42.5 Å². The fourth-order valence-electron chi connectivity index (χ4n) is 3.16. The average molecular weight is 398 g/mol. The molecule has 1 N–H and O–H groups in total. The van der Waals surface area contributed by atoms with Gasteiger partial charge in [-0.1, -0.05) is 55.1 Å². The number of nitrogens with one attached hydrogen (secondary N) is 1. The van der Waals surface area contributed by atoms with Crippen LogP contribution in [-0.4, -0.2) is 26.5 Å². The summed E-state index contributed by atoms with van der Waals surface area (Å²) in [4.78, 5) is 30.3. The highest BCUT2D eigenvalue weighted by Gasteiger charge is 2.25. The minimum Gasteiger partial charge on any atom is -0.325 e.